The molecular weight excluding hydrogens is 326 g/mol. The van der Waals surface area contributed by atoms with Crippen molar-refractivity contribution in [1.29, 1.82) is 0 Å². The number of aryl methyl sites for hydroxylation is 2. The number of H-pyrrole nitrogens is 1. The first-order chi connectivity index (χ1) is 12.7. The van der Waals surface area contributed by atoms with E-state index in [1.807, 2.05) is 42.5 Å². The maximum atomic E-state index is 12.4. The first kappa shape index (κ1) is 16.4. The van der Waals surface area contributed by atoms with Crippen LogP contribution in [0.2, 0.25) is 0 Å². The van der Waals surface area contributed by atoms with Crippen molar-refractivity contribution in [2.75, 3.05) is 7.11 Å². The molecule has 0 bridgehead atoms. The topological polar surface area (TPSA) is 66.5 Å². The van der Waals surface area contributed by atoms with Gasteiger partial charge in [-0.05, 0) is 79.3 Å². The van der Waals surface area contributed by atoms with Crippen LogP contribution in [0.5, 0.6) is 5.75 Å². The number of nitrogens with one attached hydrogen (secondary N) is 2. The van der Waals surface area contributed by atoms with E-state index in [0.717, 1.165) is 35.1 Å². The van der Waals surface area contributed by atoms with Crippen LogP contribution < -0.4 is 10.2 Å². The summed E-state index contributed by atoms with van der Waals surface area (Å²) in [5, 5.41) is 5.21. The number of rotatable bonds is 4. The van der Waals surface area contributed by atoms with Crippen LogP contribution in [0.25, 0.3) is 10.9 Å². The van der Waals surface area contributed by atoms with Gasteiger partial charge in [0.2, 0.25) is 0 Å². The Hall–Kier alpha value is -3.08. The number of amides is 1. The average Bonchev–Trinajstić information content (AvgIpc) is 3.06. The second-order valence-electron chi connectivity index (χ2n) is 6.52. The number of hydrogen-bond donors (Lipinski definition) is 2. The maximum Gasteiger partial charge on any atom is 0.271 e. The molecule has 0 saturated carbocycles. The summed E-state index contributed by atoms with van der Waals surface area (Å²) in [5.41, 5.74) is 7.90. The molecule has 0 aliphatic heterocycles. The predicted molar refractivity (Wildman–Crippen MR) is 103 cm³/mol. The average molecular weight is 347 g/mol. The van der Waals surface area contributed by atoms with Crippen molar-refractivity contribution >= 4 is 23.0 Å². The van der Waals surface area contributed by atoms with Crippen molar-refractivity contribution in [3.8, 4) is 5.75 Å². The highest BCUT2D eigenvalue weighted by atomic mass is 16.5. The Kier molecular flexibility index (Phi) is 4.44. The number of hydrazone groups is 1. The number of fused-ring (bicyclic) bond motifs is 3. The van der Waals surface area contributed by atoms with Crippen LogP contribution in [-0.2, 0) is 12.8 Å². The first-order valence-corrected chi connectivity index (χ1v) is 8.85. The number of ether oxygens (including phenoxy) is 1. The van der Waals surface area contributed by atoms with Crippen molar-refractivity contribution in [2.45, 2.75) is 25.7 Å². The van der Waals surface area contributed by atoms with Crippen LogP contribution in [0, 0.1) is 0 Å². The second kappa shape index (κ2) is 7.04. The molecule has 1 aliphatic rings. The third-order valence-electron chi connectivity index (χ3n) is 4.86. The quantitative estimate of drug-likeness (QED) is 0.556. The van der Waals surface area contributed by atoms with Crippen LogP contribution in [0.15, 0.2) is 47.6 Å². The van der Waals surface area contributed by atoms with Gasteiger partial charge in [-0.15, -0.1) is 0 Å². The zero-order chi connectivity index (χ0) is 17.9. The van der Waals surface area contributed by atoms with Gasteiger partial charge < -0.3 is 9.72 Å². The third kappa shape index (κ3) is 3.20. The largest absolute Gasteiger partial charge is 0.497 e. The van der Waals surface area contributed by atoms with Crippen molar-refractivity contribution in [1.82, 2.24) is 10.4 Å². The van der Waals surface area contributed by atoms with E-state index in [0.29, 0.717) is 5.56 Å². The van der Waals surface area contributed by atoms with E-state index in [2.05, 4.69) is 15.5 Å². The number of carbonyl (C=O) groups excluding carboxylic acids is 1. The van der Waals surface area contributed by atoms with Gasteiger partial charge in [-0.3, -0.25) is 4.79 Å². The van der Waals surface area contributed by atoms with Crippen LogP contribution in [-0.4, -0.2) is 24.2 Å². The number of benzene rings is 2. The number of nitrogens with zero attached hydrogens (tertiary/aromatic N) is 1. The molecule has 5 nitrogen and oxygen atoms in total. The fraction of sp³-hybridized carbons (Fsp3) is 0.238. The van der Waals surface area contributed by atoms with Gasteiger partial charge in [-0.1, -0.05) is 0 Å². The summed E-state index contributed by atoms with van der Waals surface area (Å²) in [6.07, 6.45) is 6.23. The lowest BCUT2D eigenvalue weighted by Gasteiger charge is -2.10. The Morgan fingerprint density at radius 1 is 1.15 bits per heavy atom. The minimum absolute atomic E-state index is 0.206. The number of aromatic amines is 1. The molecule has 4 rings (SSSR count). The molecule has 1 amide bonds. The van der Waals surface area contributed by atoms with Crippen LogP contribution in [0.3, 0.4) is 0 Å². The van der Waals surface area contributed by atoms with Crippen LogP contribution in [0.4, 0.5) is 0 Å². The van der Waals surface area contributed by atoms with Gasteiger partial charge >= 0.3 is 0 Å². The zero-order valence-electron chi connectivity index (χ0n) is 14.7. The minimum atomic E-state index is -0.206. The summed E-state index contributed by atoms with van der Waals surface area (Å²) in [6, 6.07) is 13.3. The maximum absolute atomic E-state index is 12.4. The predicted octanol–water partition coefficient (Wildman–Crippen LogP) is 3.82. The number of hydrogen-bond acceptors (Lipinski definition) is 3. The highest BCUT2D eigenvalue weighted by Crippen LogP contribution is 2.29. The standard InChI is InChI=1S/C21H21N3O2/c1-26-16-9-6-14(7-10-16)13-22-24-21(25)15-8-11-20-18(12-15)17-4-2-3-5-19(17)23-20/h6-13,23H,2-5H2,1H3,(H,24,25)/b22-13-. The van der Waals surface area contributed by atoms with Gasteiger partial charge in [0.25, 0.3) is 5.91 Å². The second-order valence-corrected chi connectivity index (χ2v) is 6.52. The monoisotopic (exact) mass is 347 g/mol. The van der Waals surface area contributed by atoms with E-state index in [9.17, 15) is 4.79 Å². The third-order valence-corrected chi connectivity index (χ3v) is 4.86. The van der Waals surface area contributed by atoms with Crippen LogP contribution >= 0.6 is 0 Å². The molecular formula is C21H21N3O2. The lowest BCUT2D eigenvalue weighted by atomic mass is 9.95. The fourth-order valence-electron chi connectivity index (χ4n) is 3.47. The minimum Gasteiger partial charge on any atom is -0.497 e. The summed E-state index contributed by atoms with van der Waals surface area (Å²) in [4.78, 5) is 15.9. The van der Waals surface area contributed by atoms with E-state index in [-0.39, 0.29) is 5.91 Å². The number of carbonyl (C=O) groups is 1. The van der Waals surface area contributed by atoms with Crippen molar-refractivity contribution in [3.63, 3.8) is 0 Å². The Morgan fingerprint density at radius 2 is 1.96 bits per heavy atom. The van der Waals surface area contributed by atoms with Crippen LogP contribution in [0.1, 0.15) is 40.0 Å². The van der Waals surface area contributed by atoms with Crippen molar-refractivity contribution in [3.05, 3.63) is 64.8 Å². The van der Waals surface area contributed by atoms with Gasteiger partial charge in [-0.2, -0.15) is 5.10 Å². The van der Waals surface area contributed by atoms with Gasteiger partial charge in [0, 0.05) is 22.2 Å². The molecule has 1 aromatic heterocycles. The van der Waals surface area contributed by atoms with E-state index in [4.69, 9.17) is 4.74 Å². The molecule has 0 saturated heterocycles. The van der Waals surface area contributed by atoms with Gasteiger partial charge in [0.15, 0.2) is 0 Å². The summed E-state index contributed by atoms with van der Waals surface area (Å²) in [7, 11) is 1.63. The summed E-state index contributed by atoms with van der Waals surface area (Å²) < 4.78 is 5.12. The van der Waals surface area contributed by atoms with E-state index in [1.54, 1.807) is 13.3 Å². The number of aromatic nitrogens is 1. The Labute approximate surface area is 152 Å². The smallest absolute Gasteiger partial charge is 0.271 e. The van der Waals surface area contributed by atoms with E-state index < -0.39 is 0 Å². The zero-order valence-corrected chi connectivity index (χ0v) is 14.7. The Morgan fingerprint density at radius 3 is 2.77 bits per heavy atom. The van der Waals surface area contributed by atoms with Gasteiger partial charge in [-0.25, -0.2) is 5.43 Å². The summed E-state index contributed by atoms with van der Waals surface area (Å²) in [5.74, 6) is 0.580. The fourth-order valence-corrected chi connectivity index (χ4v) is 3.47. The molecule has 26 heavy (non-hydrogen) atoms. The highest BCUT2D eigenvalue weighted by Gasteiger charge is 2.16. The highest BCUT2D eigenvalue weighted by molar-refractivity contribution is 5.99. The van der Waals surface area contributed by atoms with Gasteiger partial charge in [0.05, 0.1) is 13.3 Å². The van der Waals surface area contributed by atoms with Crippen molar-refractivity contribution < 1.29 is 9.53 Å². The molecule has 0 spiro atoms. The normalized spacial score (nSPS) is 13.7. The van der Waals surface area contributed by atoms with Gasteiger partial charge in [0.1, 0.15) is 5.75 Å². The Bertz CT molecular complexity index is 971. The van der Waals surface area contributed by atoms with E-state index in [1.165, 1.54) is 24.1 Å². The number of methoxy groups -OCH3 is 1. The molecule has 132 valence electrons. The molecule has 0 fully saturated rings. The molecule has 0 radical (unpaired) electrons. The lowest BCUT2D eigenvalue weighted by molar-refractivity contribution is 0.0955. The lowest BCUT2D eigenvalue weighted by Crippen LogP contribution is -2.17. The Balaban J connectivity index is 1.49. The molecule has 2 aromatic carbocycles. The van der Waals surface area contributed by atoms with E-state index >= 15 is 0 Å². The molecule has 0 unspecified atom stereocenters. The molecule has 0 atom stereocenters. The van der Waals surface area contributed by atoms with Crippen molar-refractivity contribution in [2.24, 2.45) is 5.10 Å². The molecule has 2 N–H and O–H groups in total. The molecule has 5 heteroatoms. The summed E-state index contributed by atoms with van der Waals surface area (Å²) in [6.45, 7) is 0. The molecule has 1 heterocycles. The SMILES string of the molecule is COc1ccc(/C=N\NC(=O)c2ccc3[nH]c4c(c3c2)CCCC4)cc1. The first-order valence-electron chi connectivity index (χ1n) is 8.85. The molecule has 3 aromatic rings. The molecule has 1 aliphatic carbocycles. The summed E-state index contributed by atoms with van der Waals surface area (Å²) >= 11 is 0.